The molecule has 0 radical (unpaired) electrons. The molecule has 6 rings (SSSR count). The number of allylic oxidation sites excluding steroid dienone is 2. The minimum absolute atomic E-state index is 0.0471. The standard InChI is InChI=1S/C24H24O2/c25-22(26-21-7-3-5-14-4-1-2-6-19(14)21)13-17-11-18-12-20(17)24-16-9-8-15(10-16)23(18)24/h1-9,15-18,20,23-24H,10-13H2. The third-order valence-electron chi connectivity index (χ3n) is 7.81. The zero-order valence-corrected chi connectivity index (χ0v) is 14.9. The van der Waals surface area contributed by atoms with E-state index in [1.165, 1.54) is 19.3 Å². The van der Waals surface area contributed by atoms with Gasteiger partial charge in [0.2, 0.25) is 0 Å². The van der Waals surface area contributed by atoms with Crippen molar-refractivity contribution in [1.29, 1.82) is 0 Å². The predicted octanol–water partition coefficient (Wildman–Crippen LogP) is 5.23. The van der Waals surface area contributed by atoms with Crippen LogP contribution in [-0.4, -0.2) is 5.97 Å². The van der Waals surface area contributed by atoms with E-state index in [4.69, 9.17) is 4.74 Å². The summed E-state index contributed by atoms with van der Waals surface area (Å²) in [7, 11) is 0. The van der Waals surface area contributed by atoms with Gasteiger partial charge in [0.15, 0.2) is 0 Å². The highest BCUT2D eigenvalue weighted by atomic mass is 16.5. The average Bonchev–Trinajstić information content (AvgIpc) is 3.41. The van der Waals surface area contributed by atoms with Crippen LogP contribution in [0, 0.1) is 41.4 Å². The third kappa shape index (κ3) is 2.08. The molecule has 0 heterocycles. The molecule has 0 spiro atoms. The van der Waals surface area contributed by atoms with Crippen molar-refractivity contribution in [2.75, 3.05) is 0 Å². The normalized spacial score (nSPS) is 38.8. The van der Waals surface area contributed by atoms with Crippen molar-refractivity contribution in [1.82, 2.24) is 0 Å². The molecule has 26 heavy (non-hydrogen) atoms. The van der Waals surface area contributed by atoms with E-state index in [0.29, 0.717) is 18.1 Å². The SMILES string of the molecule is O=C(CC1CC2CC1C1C3C=CC(C3)C21)Oc1cccc2ccccc12. The lowest BCUT2D eigenvalue weighted by Crippen LogP contribution is -2.32. The van der Waals surface area contributed by atoms with E-state index in [1.807, 2.05) is 30.3 Å². The molecule has 7 atom stereocenters. The van der Waals surface area contributed by atoms with Crippen molar-refractivity contribution in [3.63, 3.8) is 0 Å². The number of hydrogen-bond donors (Lipinski definition) is 0. The first-order chi connectivity index (χ1) is 12.8. The quantitative estimate of drug-likeness (QED) is 0.330. The summed E-state index contributed by atoms with van der Waals surface area (Å²) in [6.07, 6.45) is 9.53. The van der Waals surface area contributed by atoms with Crippen LogP contribution in [0.15, 0.2) is 54.6 Å². The monoisotopic (exact) mass is 344 g/mol. The molecular weight excluding hydrogens is 320 g/mol. The average molecular weight is 344 g/mol. The maximum atomic E-state index is 12.7. The summed E-state index contributed by atoms with van der Waals surface area (Å²) < 4.78 is 5.82. The second-order valence-electron chi connectivity index (χ2n) is 8.91. The Balaban J connectivity index is 1.19. The van der Waals surface area contributed by atoms with Gasteiger partial charge in [0, 0.05) is 11.8 Å². The van der Waals surface area contributed by atoms with E-state index in [9.17, 15) is 4.79 Å². The predicted molar refractivity (Wildman–Crippen MR) is 102 cm³/mol. The number of rotatable bonds is 3. The molecule has 0 aliphatic heterocycles. The largest absolute Gasteiger partial charge is 0.426 e. The number of carbonyl (C=O) groups is 1. The van der Waals surface area contributed by atoms with E-state index in [1.54, 1.807) is 0 Å². The van der Waals surface area contributed by atoms with Gasteiger partial charge in [0.25, 0.3) is 0 Å². The lowest BCUT2D eigenvalue weighted by atomic mass is 9.69. The zero-order valence-electron chi connectivity index (χ0n) is 14.9. The molecule has 4 aliphatic carbocycles. The highest BCUT2D eigenvalue weighted by Crippen LogP contribution is 2.67. The van der Waals surface area contributed by atoms with E-state index < -0.39 is 0 Å². The highest BCUT2D eigenvalue weighted by Gasteiger charge is 2.60. The van der Waals surface area contributed by atoms with E-state index in [-0.39, 0.29) is 5.97 Å². The Bertz CT molecular complexity index is 908. The molecule has 2 heteroatoms. The van der Waals surface area contributed by atoms with Gasteiger partial charge in [-0.05, 0) is 72.1 Å². The molecule has 0 amide bonds. The van der Waals surface area contributed by atoms with Crippen molar-refractivity contribution in [2.45, 2.75) is 25.7 Å². The van der Waals surface area contributed by atoms with Gasteiger partial charge < -0.3 is 4.74 Å². The van der Waals surface area contributed by atoms with Crippen LogP contribution in [0.3, 0.4) is 0 Å². The van der Waals surface area contributed by atoms with Crippen molar-refractivity contribution in [2.24, 2.45) is 41.4 Å². The van der Waals surface area contributed by atoms with Crippen molar-refractivity contribution in [3.05, 3.63) is 54.6 Å². The molecule has 132 valence electrons. The minimum Gasteiger partial charge on any atom is -0.426 e. The molecule has 3 fully saturated rings. The second-order valence-corrected chi connectivity index (χ2v) is 8.91. The van der Waals surface area contributed by atoms with Gasteiger partial charge in [0.1, 0.15) is 5.75 Å². The molecule has 7 unspecified atom stereocenters. The summed E-state index contributed by atoms with van der Waals surface area (Å²) >= 11 is 0. The Kier molecular flexibility index (Phi) is 3.15. The van der Waals surface area contributed by atoms with Gasteiger partial charge >= 0.3 is 5.97 Å². The van der Waals surface area contributed by atoms with Crippen LogP contribution in [0.2, 0.25) is 0 Å². The molecule has 0 N–H and O–H groups in total. The maximum absolute atomic E-state index is 12.7. The van der Waals surface area contributed by atoms with Crippen molar-refractivity contribution >= 4 is 16.7 Å². The van der Waals surface area contributed by atoms with Crippen LogP contribution >= 0.6 is 0 Å². The smallest absolute Gasteiger partial charge is 0.311 e. The number of hydrogen-bond acceptors (Lipinski definition) is 2. The molecule has 2 nitrogen and oxygen atoms in total. The first kappa shape index (κ1) is 15.0. The van der Waals surface area contributed by atoms with Gasteiger partial charge in [-0.15, -0.1) is 0 Å². The molecule has 4 bridgehead atoms. The van der Waals surface area contributed by atoms with Crippen LogP contribution in [0.25, 0.3) is 10.8 Å². The van der Waals surface area contributed by atoms with Gasteiger partial charge in [-0.3, -0.25) is 4.79 Å². The minimum atomic E-state index is -0.0471. The molecule has 3 saturated carbocycles. The molecule has 0 saturated heterocycles. The maximum Gasteiger partial charge on any atom is 0.311 e. The Labute approximate surface area is 154 Å². The Morgan fingerprint density at radius 1 is 0.923 bits per heavy atom. The summed E-state index contributed by atoms with van der Waals surface area (Å²) in [4.78, 5) is 12.7. The van der Waals surface area contributed by atoms with Crippen LogP contribution in [0.5, 0.6) is 5.75 Å². The molecule has 2 aromatic rings. The Morgan fingerprint density at radius 2 is 1.73 bits per heavy atom. The fourth-order valence-corrected chi connectivity index (χ4v) is 7.05. The van der Waals surface area contributed by atoms with Gasteiger partial charge in [-0.2, -0.15) is 0 Å². The van der Waals surface area contributed by atoms with Crippen LogP contribution in [0.1, 0.15) is 25.7 Å². The van der Waals surface area contributed by atoms with Crippen LogP contribution in [-0.2, 0) is 4.79 Å². The second kappa shape index (κ2) is 5.45. The highest BCUT2D eigenvalue weighted by molar-refractivity contribution is 5.90. The van der Waals surface area contributed by atoms with Crippen molar-refractivity contribution in [3.8, 4) is 5.75 Å². The number of ether oxygens (including phenoxy) is 1. The lowest BCUT2D eigenvalue weighted by molar-refractivity contribution is -0.136. The summed E-state index contributed by atoms with van der Waals surface area (Å²) in [5, 5.41) is 2.14. The van der Waals surface area contributed by atoms with Gasteiger partial charge in [-0.25, -0.2) is 0 Å². The zero-order chi connectivity index (χ0) is 17.3. The fourth-order valence-electron chi connectivity index (χ4n) is 7.05. The summed E-state index contributed by atoms with van der Waals surface area (Å²) in [5.74, 6) is 6.26. The summed E-state index contributed by atoms with van der Waals surface area (Å²) in [6.45, 7) is 0. The Hall–Kier alpha value is -2.09. The van der Waals surface area contributed by atoms with Gasteiger partial charge in [-0.1, -0.05) is 48.6 Å². The number of esters is 1. The topological polar surface area (TPSA) is 26.3 Å². The fraction of sp³-hybridized carbons (Fsp3) is 0.458. The third-order valence-corrected chi connectivity index (χ3v) is 7.81. The molecule has 2 aromatic carbocycles. The van der Waals surface area contributed by atoms with Crippen LogP contribution < -0.4 is 4.74 Å². The first-order valence-electron chi connectivity index (χ1n) is 10.1. The molecule has 0 aromatic heterocycles. The summed E-state index contributed by atoms with van der Waals surface area (Å²) in [5.41, 5.74) is 0. The van der Waals surface area contributed by atoms with E-state index in [2.05, 4.69) is 24.3 Å². The molecular formula is C24H24O2. The lowest BCUT2D eigenvalue weighted by Gasteiger charge is -2.36. The first-order valence-corrected chi connectivity index (χ1v) is 10.1. The number of carbonyl (C=O) groups excluding carboxylic acids is 1. The number of benzene rings is 2. The van der Waals surface area contributed by atoms with Gasteiger partial charge in [0.05, 0.1) is 0 Å². The number of fused-ring (bicyclic) bond motifs is 10. The van der Waals surface area contributed by atoms with Crippen LogP contribution in [0.4, 0.5) is 0 Å². The van der Waals surface area contributed by atoms with Crippen molar-refractivity contribution < 1.29 is 9.53 Å². The summed E-state index contributed by atoms with van der Waals surface area (Å²) in [6, 6.07) is 14.0. The Morgan fingerprint density at radius 3 is 2.65 bits per heavy atom. The van der Waals surface area contributed by atoms with E-state index in [0.717, 1.165) is 46.3 Å². The van der Waals surface area contributed by atoms with E-state index >= 15 is 0 Å². The molecule has 4 aliphatic rings.